The van der Waals surface area contributed by atoms with Gasteiger partial charge >= 0.3 is 0 Å². The minimum atomic E-state index is -3.72. The molecule has 1 aromatic carbocycles. The highest BCUT2D eigenvalue weighted by molar-refractivity contribution is 7.89. The predicted molar refractivity (Wildman–Crippen MR) is 95.0 cm³/mol. The van der Waals surface area contributed by atoms with Crippen molar-refractivity contribution >= 4 is 39.1 Å². The van der Waals surface area contributed by atoms with Crippen molar-refractivity contribution in [1.82, 2.24) is 14.5 Å². The molecule has 1 amide bonds. The Morgan fingerprint density at radius 2 is 1.88 bits per heavy atom. The van der Waals surface area contributed by atoms with Crippen LogP contribution in [-0.2, 0) is 14.8 Å². The molecule has 9 heteroatoms. The second kappa shape index (κ2) is 8.49. The summed E-state index contributed by atoms with van der Waals surface area (Å²) in [6.45, 7) is 2.06. The molecule has 1 aliphatic heterocycles. The standard InChI is InChI=1S/C15H21Cl2N3O3S/c1-18-7-3-6-14(21)19-8-10-20(11-9-19)24(22,23)13-5-2-4-12(16)15(13)17/h2,4-5,18H,3,6-11H2,1H3. The highest BCUT2D eigenvalue weighted by Crippen LogP contribution is 2.31. The summed E-state index contributed by atoms with van der Waals surface area (Å²) in [6.07, 6.45) is 1.24. The van der Waals surface area contributed by atoms with Crippen LogP contribution >= 0.6 is 23.2 Å². The van der Waals surface area contributed by atoms with Gasteiger partial charge in [0.15, 0.2) is 0 Å². The summed E-state index contributed by atoms with van der Waals surface area (Å²) in [4.78, 5) is 13.8. The van der Waals surface area contributed by atoms with Crippen molar-refractivity contribution in [2.24, 2.45) is 0 Å². The van der Waals surface area contributed by atoms with Crippen LogP contribution in [0.3, 0.4) is 0 Å². The van der Waals surface area contributed by atoms with E-state index in [-0.39, 0.29) is 33.9 Å². The Kier molecular flexibility index (Phi) is 6.88. The molecule has 1 aliphatic rings. The second-order valence-corrected chi connectivity index (χ2v) is 8.24. The normalized spacial score (nSPS) is 16.4. The van der Waals surface area contributed by atoms with Crippen LogP contribution in [-0.4, -0.2) is 63.3 Å². The minimum absolute atomic E-state index is 0.00506. The summed E-state index contributed by atoms with van der Waals surface area (Å²) in [5, 5.41) is 3.24. The average Bonchev–Trinajstić information content (AvgIpc) is 2.57. The van der Waals surface area contributed by atoms with Gasteiger partial charge in [-0.15, -0.1) is 0 Å². The fourth-order valence-electron chi connectivity index (χ4n) is 2.57. The molecule has 24 heavy (non-hydrogen) atoms. The van der Waals surface area contributed by atoms with Crippen LogP contribution in [0.2, 0.25) is 10.0 Å². The number of carbonyl (C=O) groups excluding carboxylic acids is 1. The van der Waals surface area contributed by atoms with Gasteiger partial charge in [-0.2, -0.15) is 4.31 Å². The van der Waals surface area contributed by atoms with E-state index in [0.29, 0.717) is 19.5 Å². The monoisotopic (exact) mass is 393 g/mol. The number of nitrogens with zero attached hydrogens (tertiary/aromatic N) is 2. The lowest BCUT2D eigenvalue weighted by molar-refractivity contribution is -0.132. The van der Waals surface area contributed by atoms with E-state index >= 15 is 0 Å². The molecule has 6 nitrogen and oxygen atoms in total. The molecule has 1 heterocycles. The van der Waals surface area contributed by atoms with E-state index in [4.69, 9.17) is 23.2 Å². The van der Waals surface area contributed by atoms with E-state index in [9.17, 15) is 13.2 Å². The molecule has 0 saturated carbocycles. The maximum absolute atomic E-state index is 12.7. The Balaban J connectivity index is 2.01. The number of hydrogen-bond donors (Lipinski definition) is 1. The van der Waals surface area contributed by atoms with Gasteiger partial charge in [-0.25, -0.2) is 8.42 Å². The van der Waals surface area contributed by atoms with E-state index < -0.39 is 10.0 Å². The summed E-state index contributed by atoms with van der Waals surface area (Å²) in [5.41, 5.74) is 0. The lowest BCUT2D eigenvalue weighted by Crippen LogP contribution is -2.50. The molecule has 0 spiro atoms. The van der Waals surface area contributed by atoms with Gasteiger partial charge in [-0.05, 0) is 32.1 Å². The van der Waals surface area contributed by atoms with Crippen molar-refractivity contribution in [3.63, 3.8) is 0 Å². The van der Waals surface area contributed by atoms with Crippen molar-refractivity contribution in [1.29, 1.82) is 0 Å². The lowest BCUT2D eigenvalue weighted by atomic mass is 10.2. The molecule has 1 N–H and O–H groups in total. The number of rotatable bonds is 6. The number of amides is 1. The van der Waals surface area contributed by atoms with Crippen molar-refractivity contribution in [2.45, 2.75) is 17.7 Å². The zero-order valence-corrected chi connectivity index (χ0v) is 15.8. The van der Waals surface area contributed by atoms with Gasteiger partial charge in [0, 0.05) is 32.6 Å². The minimum Gasteiger partial charge on any atom is -0.340 e. The van der Waals surface area contributed by atoms with Gasteiger partial charge in [-0.3, -0.25) is 4.79 Å². The van der Waals surface area contributed by atoms with Gasteiger partial charge < -0.3 is 10.2 Å². The van der Waals surface area contributed by atoms with Crippen LogP contribution in [0.1, 0.15) is 12.8 Å². The molecule has 2 rings (SSSR count). The number of sulfonamides is 1. The van der Waals surface area contributed by atoms with E-state index in [2.05, 4.69) is 5.32 Å². The topological polar surface area (TPSA) is 69.7 Å². The van der Waals surface area contributed by atoms with Gasteiger partial charge in [0.2, 0.25) is 15.9 Å². The van der Waals surface area contributed by atoms with Crippen LogP contribution in [0.25, 0.3) is 0 Å². The third kappa shape index (κ3) is 4.40. The van der Waals surface area contributed by atoms with Crippen LogP contribution in [0.5, 0.6) is 0 Å². The molecule has 1 saturated heterocycles. The first kappa shape index (κ1) is 19.5. The fourth-order valence-corrected chi connectivity index (χ4v) is 4.73. The molecule has 0 atom stereocenters. The largest absolute Gasteiger partial charge is 0.340 e. The van der Waals surface area contributed by atoms with E-state index in [1.54, 1.807) is 17.0 Å². The molecule has 0 radical (unpaired) electrons. The summed E-state index contributed by atoms with van der Waals surface area (Å²) in [5.74, 6) is 0.0584. The molecule has 0 bridgehead atoms. The number of carbonyl (C=O) groups is 1. The Morgan fingerprint density at radius 3 is 2.50 bits per heavy atom. The van der Waals surface area contributed by atoms with Gasteiger partial charge in [0.05, 0.1) is 10.0 Å². The first-order valence-corrected chi connectivity index (χ1v) is 9.94. The maximum atomic E-state index is 12.7. The van der Waals surface area contributed by atoms with Crippen molar-refractivity contribution in [3.8, 4) is 0 Å². The van der Waals surface area contributed by atoms with E-state index in [1.807, 2.05) is 7.05 Å². The second-order valence-electron chi connectivity index (χ2n) is 5.54. The molecular weight excluding hydrogens is 373 g/mol. The molecule has 134 valence electrons. The summed E-state index contributed by atoms with van der Waals surface area (Å²) < 4.78 is 26.8. The molecule has 1 aromatic rings. The number of hydrogen-bond acceptors (Lipinski definition) is 4. The lowest BCUT2D eigenvalue weighted by Gasteiger charge is -2.34. The number of halogens is 2. The molecule has 0 aliphatic carbocycles. The first-order chi connectivity index (χ1) is 11.4. The third-order valence-electron chi connectivity index (χ3n) is 3.94. The van der Waals surface area contributed by atoms with E-state index in [1.165, 1.54) is 10.4 Å². The van der Waals surface area contributed by atoms with E-state index in [0.717, 1.165) is 13.0 Å². The summed E-state index contributed by atoms with van der Waals surface area (Å²) in [6, 6.07) is 4.55. The van der Waals surface area contributed by atoms with Gasteiger partial charge in [0.25, 0.3) is 0 Å². The van der Waals surface area contributed by atoms with Crippen LogP contribution < -0.4 is 5.32 Å². The number of nitrogens with one attached hydrogen (secondary N) is 1. The molecule has 0 unspecified atom stereocenters. The van der Waals surface area contributed by atoms with Gasteiger partial charge in [0.1, 0.15) is 4.90 Å². The van der Waals surface area contributed by atoms with Crippen molar-refractivity contribution in [2.75, 3.05) is 39.8 Å². The summed E-state index contributed by atoms with van der Waals surface area (Å²) in [7, 11) is -1.87. The Bertz CT molecular complexity index is 689. The first-order valence-electron chi connectivity index (χ1n) is 7.74. The average molecular weight is 394 g/mol. The van der Waals surface area contributed by atoms with Crippen molar-refractivity contribution in [3.05, 3.63) is 28.2 Å². The highest BCUT2D eigenvalue weighted by atomic mass is 35.5. The van der Waals surface area contributed by atoms with Crippen LogP contribution in [0, 0.1) is 0 Å². The fraction of sp³-hybridized carbons (Fsp3) is 0.533. The Morgan fingerprint density at radius 1 is 1.21 bits per heavy atom. The van der Waals surface area contributed by atoms with Gasteiger partial charge in [-0.1, -0.05) is 29.3 Å². The molecule has 1 fully saturated rings. The molecular formula is C15H21Cl2N3O3S. The molecule has 0 aromatic heterocycles. The number of benzene rings is 1. The zero-order valence-electron chi connectivity index (χ0n) is 13.5. The third-order valence-corrected chi connectivity index (χ3v) is 6.81. The quantitative estimate of drug-likeness (QED) is 0.748. The smallest absolute Gasteiger partial charge is 0.244 e. The van der Waals surface area contributed by atoms with Crippen LogP contribution in [0.15, 0.2) is 23.1 Å². The maximum Gasteiger partial charge on any atom is 0.244 e. The zero-order chi connectivity index (χ0) is 17.7. The SMILES string of the molecule is CNCCCC(=O)N1CCN(S(=O)(=O)c2cccc(Cl)c2Cl)CC1. The Labute approximate surface area is 152 Å². The predicted octanol–water partition coefficient (Wildman–Crippen LogP) is 1.83. The van der Waals surface area contributed by atoms with Crippen molar-refractivity contribution < 1.29 is 13.2 Å². The highest BCUT2D eigenvalue weighted by Gasteiger charge is 2.31. The summed E-state index contributed by atoms with van der Waals surface area (Å²) >= 11 is 11.9. The Hall–Kier alpha value is -0.860. The number of piperazine rings is 1. The van der Waals surface area contributed by atoms with Crippen LogP contribution in [0.4, 0.5) is 0 Å².